The minimum atomic E-state index is -0.508. The number of carbonyl (C=O) groups is 2. The van der Waals surface area contributed by atoms with Gasteiger partial charge in [0.15, 0.2) is 11.6 Å². The van der Waals surface area contributed by atoms with Crippen LogP contribution in [0.5, 0.6) is 5.88 Å². The van der Waals surface area contributed by atoms with E-state index < -0.39 is 5.91 Å². The number of fused-ring (bicyclic) bond motifs is 1. The molecule has 0 bridgehead atoms. The SMILES string of the molecule is COCn1ncc2cc(C)c(NC(=O)c3cc(OC)nn3-c3ncccc3Cl)c(C(=O)CC(C)C)c21. The van der Waals surface area contributed by atoms with Gasteiger partial charge in [0.1, 0.15) is 12.4 Å². The number of nitrogens with one attached hydrogen (secondary N) is 1. The summed E-state index contributed by atoms with van der Waals surface area (Å²) in [5.41, 5.74) is 2.24. The molecule has 1 amide bonds. The average molecular weight is 511 g/mol. The molecule has 1 N–H and O–H groups in total. The van der Waals surface area contributed by atoms with Crippen molar-refractivity contribution in [2.24, 2.45) is 5.92 Å². The zero-order chi connectivity index (χ0) is 26.0. The van der Waals surface area contributed by atoms with E-state index in [0.717, 1.165) is 5.39 Å². The fraction of sp³-hybridized carbons (Fsp3) is 0.320. The van der Waals surface area contributed by atoms with Crippen LogP contribution >= 0.6 is 11.6 Å². The lowest BCUT2D eigenvalue weighted by molar-refractivity contribution is 0.0968. The summed E-state index contributed by atoms with van der Waals surface area (Å²) in [6, 6.07) is 6.70. The van der Waals surface area contributed by atoms with Gasteiger partial charge in [-0.25, -0.2) is 14.3 Å². The van der Waals surface area contributed by atoms with Crippen LogP contribution in [0.25, 0.3) is 16.7 Å². The molecule has 188 valence electrons. The third-order valence-electron chi connectivity index (χ3n) is 5.55. The first-order chi connectivity index (χ1) is 17.2. The summed E-state index contributed by atoms with van der Waals surface area (Å²) in [5.74, 6) is -0.0122. The molecular weight excluding hydrogens is 484 g/mol. The lowest BCUT2D eigenvalue weighted by Gasteiger charge is -2.17. The first-order valence-electron chi connectivity index (χ1n) is 11.3. The molecule has 0 aliphatic carbocycles. The van der Waals surface area contributed by atoms with Gasteiger partial charge in [0.25, 0.3) is 5.91 Å². The van der Waals surface area contributed by atoms with Crippen LogP contribution < -0.4 is 10.1 Å². The molecule has 0 aliphatic rings. The van der Waals surface area contributed by atoms with Crippen molar-refractivity contribution >= 4 is 39.9 Å². The predicted molar refractivity (Wildman–Crippen MR) is 136 cm³/mol. The summed E-state index contributed by atoms with van der Waals surface area (Å²) in [6.45, 7) is 5.93. The molecule has 11 heteroatoms. The number of nitrogens with zero attached hydrogens (tertiary/aromatic N) is 5. The van der Waals surface area contributed by atoms with Crippen molar-refractivity contribution in [3.8, 4) is 11.7 Å². The predicted octanol–water partition coefficient (Wildman–Crippen LogP) is 4.67. The molecule has 0 saturated heterocycles. The number of rotatable bonds is 9. The number of aryl methyl sites for hydroxylation is 1. The number of ether oxygens (including phenoxy) is 2. The maximum Gasteiger partial charge on any atom is 0.274 e. The number of benzene rings is 1. The second kappa shape index (κ2) is 10.5. The van der Waals surface area contributed by atoms with Gasteiger partial charge < -0.3 is 14.8 Å². The standard InChI is InChI=1S/C25H27ClN6O4/c1-14(2)9-19(33)21-22(15(3)10-16-12-28-31(13-35-4)23(16)21)29-25(34)18-11-20(36-5)30-32(18)24-17(26)7-6-8-27-24/h6-8,10-12,14H,9,13H2,1-5H3,(H,29,34). The number of amides is 1. The average Bonchev–Trinajstić information content (AvgIpc) is 3.44. The Labute approximate surface area is 213 Å². The minimum Gasteiger partial charge on any atom is -0.480 e. The zero-order valence-corrected chi connectivity index (χ0v) is 21.5. The van der Waals surface area contributed by atoms with Crippen LogP contribution in [-0.2, 0) is 11.5 Å². The Morgan fingerprint density at radius 3 is 2.67 bits per heavy atom. The van der Waals surface area contributed by atoms with E-state index in [2.05, 4.69) is 20.5 Å². The third kappa shape index (κ3) is 4.82. The Morgan fingerprint density at radius 2 is 2.00 bits per heavy atom. The van der Waals surface area contributed by atoms with Crippen molar-refractivity contribution in [3.63, 3.8) is 0 Å². The molecule has 36 heavy (non-hydrogen) atoms. The van der Waals surface area contributed by atoms with E-state index >= 15 is 0 Å². The van der Waals surface area contributed by atoms with Crippen LogP contribution in [0.3, 0.4) is 0 Å². The van der Waals surface area contributed by atoms with Crippen molar-refractivity contribution in [3.05, 3.63) is 58.5 Å². The highest BCUT2D eigenvalue weighted by atomic mass is 35.5. The van der Waals surface area contributed by atoms with E-state index in [1.54, 1.807) is 36.3 Å². The number of aromatic nitrogens is 5. The molecule has 0 saturated carbocycles. The number of hydrogen-bond donors (Lipinski definition) is 1. The first kappa shape index (κ1) is 25.3. The Bertz CT molecular complexity index is 1440. The van der Waals surface area contributed by atoms with Crippen molar-refractivity contribution in [2.75, 3.05) is 19.5 Å². The van der Waals surface area contributed by atoms with Crippen LogP contribution in [0.15, 0.2) is 36.7 Å². The molecule has 0 unspecified atom stereocenters. The van der Waals surface area contributed by atoms with Gasteiger partial charge in [-0.1, -0.05) is 25.4 Å². The number of pyridine rings is 1. The van der Waals surface area contributed by atoms with Gasteiger partial charge in [0.2, 0.25) is 5.88 Å². The molecule has 3 heterocycles. The number of methoxy groups -OCH3 is 2. The first-order valence-corrected chi connectivity index (χ1v) is 11.7. The minimum absolute atomic E-state index is 0.106. The molecule has 4 rings (SSSR count). The second-order valence-electron chi connectivity index (χ2n) is 8.71. The lowest BCUT2D eigenvalue weighted by atomic mass is 9.95. The van der Waals surface area contributed by atoms with Crippen LogP contribution in [0, 0.1) is 12.8 Å². The van der Waals surface area contributed by atoms with Crippen LogP contribution in [0.1, 0.15) is 46.7 Å². The molecule has 0 aliphatic heterocycles. The summed E-state index contributed by atoms with van der Waals surface area (Å²) in [4.78, 5) is 31.4. The zero-order valence-electron chi connectivity index (χ0n) is 20.7. The highest BCUT2D eigenvalue weighted by molar-refractivity contribution is 6.32. The maximum atomic E-state index is 13.6. The molecular formula is C25H27ClN6O4. The summed E-state index contributed by atoms with van der Waals surface area (Å²) < 4.78 is 13.5. The molecule has 0 spiro atoms. The van der Waals surface area contributed by atoms with Crippen LogP contribution in [0.2, 0.25) is 5.02 Å². The number of halogens is 1. The van der Waals surface area contributed by atoms with Crippen molar-refractivity contribution < 1.29 is 19.1 Å². The van der Waals surface area contributed by atoms with E-state index in [1.165, 1.54) is 17.9 Å². The van der Waals surface area contributed by atoms with Crippen molar-refractivity contribution in [1.29, 1.82) is 0 Å². The Balaban J connectivity index is 1.86. The maximum absolute atomic E-state index is 13.6. The molecule has 4 aromatic rings. The smallest absolute Gasteiger partial charge is 0.274 e. The molecule has 0 fully saturated rings. The molecule has 0 atom stereocenters. The van der Waals surface area contributed by atoms with Gasteiger partial charge in [-0.2, -0.15) is 5.10 Å². The monoisotopic (exact) mass is 510 g/mol. The van der Waals surface area contributed by atoms with Gasteiger partial charge in [0.05, 0.1) is 35.1 Å². The number of hydrogen-bond acceptors (Lipinski definition) is 7. The fourth-order valence-electron chi connectivity index (χ4n) is 4.02. The second-order valence-corrected chi connectivity index (χ2v) is 9.12. The molecule has 0 radical (unpaired) electrons. The highest BCUT2D eigenvalue weighted by Gasteiger charge is 2.26. The van der Waals surface area contributed by atoms with E-state index in [4.69, 9.17) is 21.1 Å². The van der Waals surface area contributed by atoms with Crippen LogP contribution in [-0.4, -0.2) is 50.5 Å². The number of anilines is 1. The largest absolute Gasteiger partial charge is 0.480 e. The van der Waals surface area contributed by atoms with Gasteiger partial charge in [0, 0.05) is 31.2 Å². The Hall–Kier alpha value is -3.76. The van der Waals surface area contributed by atoms with E-state index in [0.29, 0.717) is 33.8 Å². The van der Waals surface area contributed by atoms with Gasteiger partial charge in [-0.05, 0) is 36.6 Å². The summed E-state index contributed by atoms with van der Waals surface area (Å²) >= 11 is 6.33. The van der Waals surface area contributed by atoms with E-state index in [-0.39, 0.29) is 35.8 Å². The van der Waals surface area contributed by atoms with Crippen LogP contribution in [0.4, 0.5) is 5.69 Å². The Kier molecular flexibility index (Phi) is 7.37. The number of Topliss-reactive ketones (excluding diaryl/α,β-unsaturated/α-hetero) is 1. The molecule has 1 aromatic carbocycles. The normalized spacial score (nSPS) is 11.3. The van der Waals surface area contributed by atoms with Gasteiger partial charge >= 0.3 is 0 Å². The number of ketones is 1. The van der Waals surface area contributed by atoms with E-state index in [9.17, 15) is 9.59 Å². The summed E-state index contributed by atoms with van der Waals surface area (Å²) in [6.07, 6.45) is 3.53. The Morgan fingerprint density at radius 1 is 1.22 bits per heavy atom. The molecule has 3 aromatic heterocycles. The molecule has 10 nitrogen and oxygen atoms in total. The van der Waals surface area contributed by atoms with E-state index in [1.807, 2.05) is 26.8 Å². The van der Waals surface area contributed by atoms with Gasteiger partial charge in [-0.3, -0.25) is 9.59 Å². The van der Waals surface area contributed by atoms with Crippen molar-refractivity contribution in [2.45, 2.75) is 33.9 Å². The van der Waals surface area contributed by atoms with Crippen molar-refractivity contribution in [1.82, 2.24) is 24.5 Å². The number of carbonyl (C=O) groups excluding carboxylic acids is 2. The topological polar surface area (TPSA) is 113 Å². The lowest BCUT2D eigenvalue weighted by Crippen LogP contribution is -2.21. The summed E-state index contributed by atoms with van der Waals surface area (Å²) in [7, 11) is 3.00. The third-order valence-corrected chi connectivity index (χ3v) is 5.85. The summed E-state index contributed by atoms with van der Waals surface area (Å²) in [5, 5.41) is 12.7. The highest BCUT2D eigenvalue weighted by Crippen LogP contribution is 2.33. The quantitative estimate of drug-likeness (QED) is 0.325. The van der Waals surface area contributed by atoms with Gasteiger partial charge in [-0.15, -0.1) is 5.10 Å². The fourth-order valence-corrected chi connectivity index (χ4v) is 4.22.